The van der Waals surface area contributed by atoms with E-state index in [0.29, 0.717) is 5.69 Å². The second-order valence-electron chi connectivity index (χ2n) is 5.50. The highest BCUT2D eigenvalue weighted by molar-refractivity contribution is 6.06. The van der Waals surface area contributed by atoms with Crippen molar-refractivity contribution in [2.24, 2.45) is 0 Å². The predicted molar refractivity (Wildman–Crippen MR) is 90.9 cm³/mol. The Kier molecular flexibility index (Phi) is 4.57. The maximum Gasteiger partial charge on any atom is 0.276 e. The van der Waals surface area contributed by atoms with Gasteiger partial charge in [0.2, 0.25) is 0 Å². The molecule has 1 amide bonds. The van der Waals surface area contributed by atoms with Crippen molar-refractivity contribution in [1.82, 2.24) is 9.97 Å². The molecule has 0 aliphatic rings. The molecule has 2 aromatic heterocycles. The van der Waals surface area contributed by atoms with Gasteiger partial charge in [-0.1, -0.05) is 6.07 Å². The molecule has 2 heterocycles. The molecule has 3 rings (SSSR count). The highest BCUT2D eigenvalue weighted by Crippen LogP contribution is 2.29. The third-order valence-corrected chi connectivity index (χ3v) is 3.71. The molecule has 3 N–H and O–H groups in total. The van der Waals surface area contributed by atoms with Crippen molar-refractivity contribution in [3.8, 4) is 11.3 Å². The molecule has 0 radical (unpaired) electrons. The Morgan fingerprint density at radius 1 is 1.12 bits per heavy atom. The Balaban J connectivity index is 2.06. The van der Waals surface area contributed by atoms with Gasteiger partial charge in [-0.15, -0.1) is 0 Å². The first-order valence-electron chi connectivity index (χ1n) is 7.51. The molecule has 0 aliphatic carbocycles. The fraction of sp³-hybridized carbons (Fsp3) is 0.0556. The lowest BCUT2D eigenvalue weighted by molar-refractivity contribution is 0.102. The zero-order valence-electron chi connectivity index (χ0n) is 13.6. The van der Waals surface area contributed by atoms with Crippen LogP contribution in [-0.2, 0) is 0 Å². The van der Waals surface area contributed by atoms with Gasteiger partial charge in [-0.3, -0.25) is 9.78 Å². The summed E-state index contributed by atoms with van der Waals surface area (Å²) >= 11 is 0. The molecule has 0 saturated carbocycles. The summed E-state index contributed by atoms with van der Waals surface area (Å²) in [6, 6.07) is 5.56. The number of nitrogen functional groups attached to an aromatic ring is 1. The quantitative estimate of drug-likeness (QED) is 0.748. The topological polar surface area (TPSA) is 80.9 Å². The van der Waals surface area contributed by atoms with E-state index in [0.717, 1.165) is 29.8 Å². The number of nitrogens with one attached hydrogen (secondary N) is 1. The molecule has 1 aromatic carbocycles. The fourth-order valence-electron chi connectivity index (χ4n) is 2.36. The normalized spacial score (nSPS) is 10.6. The van der Waals surface area contributed by atoms with Gasteiger partial charge >= 0.3 is 0 Å². The van der Waals surface area contributed by atoms with Crippen LogP contribution in [0.2, 0.25) is 0 Å². The second kappa shape index (κ2) is 6.83. The van der Waals surface area contributed by atoms with E-state index in [1.54, 1.807) is 19.2 Å². The molecule has 5 nitrogen and oxygen atoms in total. The van der Waals surface area contributed by atoms with Crippen molar-refractivity contribution in [2.45, 2.75) is 6.92 Å². The highest BCUT2D eigenvalue weighted by atomic mass is 19.1. The summed E-state index contributed by atoms with van der Waals surface area (Å²) < 4.78 is 42.1. The van der Waals surface area contributed by atoms with Gasteiger partial charge in [-0.25, -0.2) is 18.2 Å². The zero-order valence-corrected chi connectivity index (χ0v) is 13.6. The number of nitrogens with two attached hydrogens (primary N) is 1. The number of hydrogen-bond acceptors (Lipinski definition) is 4. The lowest BCUT2D eigenvalue weighted by atomic mass is 10.1. The van der Waals surface area contributed by atoms with Crippen LogP contribution < -0.4 is 11.1 Å². The van der Waals surface area contributed by atoms with Crippen LogP contribution >= 0.6 is 0 Å². The SMILES string of the molecule is Cc1ccncc1NC(=O)c1nc(-c2c(F)cccc2F)c(F)cc1N. The number of benzene rings is 1. The Hall–Kier alpha value is -3.42. The van der Waals surface area contributed by atoms with Gasteiger partial charge in [0.15, 0.2) is 11.5 Å². The van der Waals surface area contributed by atoms with E-state index < -0.39 is 34.6 Å². The van der Waals surface area contributed by atoms with Crippen LogP contribution in [0, 0.1) is 24.4 Å². The molecule has 0 atom stereocenters. The first-order valence-corrected chi connectivity index (χ1v) is 7.51. The molecule has 3 aromatic rings. The minimum absolute atomic E-state index is 0.262. The number of rotatable bonds is 3. The highest BCUT2D eigenvalue weighted by Gasteiger charge is 2.22. The van der Waals surface area contributed by atoms with Gasteiger partial charge in [-0.05, 0) is 30.7 Å². The van der Waals surface area contributed by atoms with Gasteiger partial charge in [0.25, 0.3) is 5.91 Å². The Morgan fingerprint density at radius 2 is 1.81 bits per heavy atom. The number of nitrogens with zero attached hydrogens (tertiary/aromatic N) is 2. The molecule has 8 heteroatoms. The maximum atomic E-state index is 14.2. The van der Waals surface area contributed by atoms with Gasteiger partial charge < -0.3 is 11.1 Å². The Morgan fingerprint density at radius 3 is 2.46 bits per heavy atom. The first kappa shape index (κ1) is 17.4. The van der Waals surface area contributed by atoms with E-state index in [1.807, 2.05) is 0 Å². The summed E-state index contributed by atoms with van der Waals surface area (Å²) in [6.45, 7) is 1.75. The molecule has 0 fully saturated rings. The van der Waals surface area contributed by atoms with Crippen molar-refractivity contribution in [1.29, 1.82) is 0 Å². The number of pyridine rings is 2. The number of aryl methyl sites for hydroxylation is 1. The van der Waals surface area contributed by atoms with Crippen LogP contribution in [-0.4, -0.2) is 15.9 Å². The van der Waals surface area contributed by atoms with Gasteiger partial charge in [0.1, 0.15) is 17.3 Å². The van der Waals surface area contributed by atoms with E-state index in [2.05, 4.69) is 15.3 Å². The number of anilines is 2. The third kappa shape index (κ3) is 3.21. The van der Waals surface area contributed by atoms with Crippen molar-refractivity contribution < 1.29 is 18.0 Å². The lowest BCUT2D eigenvalue weighted by Crippen LogP contribution is -2.18. The van der Waals surface area contributed by atoms with Crippen LogP contribution in [0.5, 0.6) is 0 Å². The van der Waals surface area contributed by atoms with Crippen LogP contribution in [0.1, 0.15) is 16.1 Å². The van der Waals surface area contributed by atoms with Gasteiger partial charge in [-0.2, -0.15) is 0 Å². The Labute approximate surface area is 146 Å². The average Bonchev–Trinajstić information content (AvgIpc) is 2.58. The van der Waals surface area contributed by atoms with E-state index in [9.17, 15) is 18.0 Å². The van der Waals surface area contributed by atoms with E-state index >= 15 is 0 Å². The summed E-state index contributed by atoms with van der Waals surface area (Å²) in [6.07, 6.45) is 2.97. The maximum absolute atomic E-state index is 14.2. The Bertz CT molecular complexity index is 987. The van der Waals surface area contributed by atoms with Crippen molar-refractivity contribution in [2.75, 3.05) is 11.1 Å². The molecule has 0 saturated heterocycles. The number of carbonyl (C=O) groups is 1. The summed E-state index contributed by atoms with van der Waals surface area (Å²) in [5.41, 5.74) is 4.88. The number of hydrogen-bond donors (Lipinski definition) is 2. The summed E-state index contributed by atoms with van der Waals surface area (Å²) in [4.78, 5) is 20.1. The van der Waals surface area contributed by atoms with E-state index in [-0.39, 0.29) is 11.4 Å². The van der Waals surface area contributed by atoms with Crippen LogP contribution in [0.25, 0.3) is 11.3 Å². The molecule has 0 spiro atoms. The zero-order chi connectivity index (χ0) is 18.8. The smallest absolute Gasteiger partial charge is 0.276 e. The minimum Gasteiger partial charge on any atom is -0.397 e. The predicted octanol–water partition coefficient (Wildman–Crippen LogP) is 3.70. The van der Waals surface area contributed by atoms with E-state index in [1.165, 1.54) is 6.20 Å². The van der Waals surface area contributed by atoms with Gasteiger partial charge in [0.05, 0.1) is 23.1 Å². The third-order valence-electron chi connectivity index (χ3n) is 3.71. The fourth-order valence-corrected chi connectivity index (χ4v) is 2.36. The number of amides is 1. The second-order valence-corrected chi connectivity index (χ2v) is 5.50. The van der Waals surface area contributed by atoms with Crippen molar-refractivity contribution in [3.05, 3.63) is 71.4 Å². The lowest BCUT2D eigenvalue weighted by Gasteiger charge is -2.12. The number of carbonyl (C=O) groups excluding carboxylic acids is 1. The van der Waals surface area contributed by atoms with Crippen LogP contribution in [0.4, 0.5) is 24.5 Å². The largest absolute Gasteiger partial charge is 0.397 e. The van der Waals surface area contributed by atoms with E-state index in [4.69, 9.17) is 5.73 Å². The van der Waals surface area contributed by atoms with Crippen LogP contribution in [0.3, 0.4) is 0 Å². The molecule has 0 bridgehead atoms. The number of halogens is 3. The molecule has 0 aliphatic heterocycles. The molecule has 132 valence electrons. The summed E-state index contributed by atoms with van der Waals surface area (Å²) in [5, 5.41) is 2.54. The monoisotopic (exact) mass is 358 g/mol. The summed E-state index contributed by atoms with van der Waals surface area (Å²) in [5.74, 6) is -3.80. The van der Waals surface area contributed by atoms with Crippen molar-refractivity contribution in [3.63, 3.8) is 0 Å². The summed E-state index contributed by atoms with van der Waals surface area (Å²) in [7, 11) is 0. The molecular formula is C18H13F3N4O. The minimum atomic E-state index is -1.04. The molecule has 26 heavy (non-hydrogen) atoms. The van der Waals surface area contributed by atoms with Gasteiger partial charge in [0, 0.05) is 12.3 Å². The van der Waals surface area contributed by atoms with Crippen molar-refractivity contribution >= 4 is 17.3 Å². The number of aromatic nitrogens is 2. The molecular weight excluding hydrogens is 345 g/mol. The molecule has 0 unspecified atom stereocenters. The van der Waals surface area contributed by atoms with Crippen LogP contribution in [0.15, 0.2) is 42.7 Å². The standard InChI is InChI=1S/C18H13F3N4O/c1-9-5-6-23-8-14(9)24-18(26)17-13(22)7-12(21)16(25-17)15-10(19)3-2-4-11(15)20/h2-8H,22H2,1H3,(H,24,26). The first-order chi connectivity index (χ1) is 12.4. The average molecular weight is 358 g/mol.